The van der Waals surface area contributed by atoms with Crippen molar-refractivity contribution in [3.05, 3.63) is 83.8 Å². The second kappa shape index (κ2) is 12.8. The SMILES string of the molecule is CCCCCOc1ccc(C2C(C(=O)c3cc4cccc(OC)c4o3)=C(O)C(=O)N2CCCn2ccnc2)cc1OC. The standard InChI is InChI=1S/C32H35N3O7/c1-4-5-6-17-41-23-12-11-21(18-25(23)40-3)28-27(29(36)26-19-22-9-7-10-24(39-2)31(22)42-26)30(37)32(38)35(28)15-8-14-34-16-13-33-20-34/h7,9-13,16,18-20,28,37H,4-6,8,14-15,17H2,1-3H3. The molecule has 1 aliphatic heterocycles. The molecule has 1 amide bonds. The fourth-order valence-electron chi connectivity index (χ4n) is 5.25. The lowest BCUT2D eigenvalue weighted by atomic mass is 9.94. The van der Waals surface area contributed by atoms with Crippen LogP contribution in [-0.2, 0) is 11.3 Å². The van der Waals surface area contributed by atoms with Crippen LogP contribution in [0.25, 0.3) is 11.0 Å². The van der Waals surface area contributed by atoms with Gasteiger partial charge in [-0.3, -0.25) is 9.59 Å². The minimum Gasteiger partial charge on any atom is -0.503 e. The number of hydrogen-bond donors (Lipinski definition) is 1. The molecule has 1 atom stereocenters. The lowest BCUT2D eigenvalue weighted by Gasteiger charge is -2.27. The van der Waals surface area contributed by atoms with Crippen LogP contribution in [0.5, 0.6) is 17.2 Å². The number of aliphatic hydroxyl groups is 1. The van der Waals surface area contributed by atoms with E-state index >= 15 is 0 Å². The van der Waals surface area contributed by atoms with Gasteiger partial charge in [-0.05, 0) is 42.7 Å². The second-order valence-electron chi connectivity index (χ2n) is 10.1. The number of aliphatic hydroxyl groups excluding tert-OH is 1. The topological polar surface area (TPSA) is 116 Å². The normalized spacial score (nSPS) is 15.1. The third-order valence-electron chi connectivity index (χ3n) is 7.38. The number of ketones is 1. The van der Waals surface area contributed by atoms with Crippen molar-refractivity contribution in [2.75, 3.05) is 27.4 Å². The van der Waals surface area contributed by atoms with Crippen molar-refractivity contribution in [1.82, 2.24) is 14.5 Å². The minimum atomic E-state index is -0.870. The number of rotatable bonds is 14. The van der Waals surface area contributed by atoms with Crippen molar-refractivity contribution >= 4 is 22.7 Å². The zero-order valence-electron chi connectivity index (χ0n) is 24.0. The van der Waals surface area contributed by atoms with Crippen LogP contribution in [0.15, 0.2) is 76.9 Å². The Kier molecular flexibility index (Phi) is 8.80. The molecular weight excluding hydrogens is 538 g/mol. The lowest BCUT2D eigenvalue weighted by Crippen LogP contribution is -2.32. The first-order valence-electron chi connectivity index (χ1n) is 14.1. The summed E-state index contributed by atoms with van der Waals surface area (Å²) in [6.45, 7) is 3.57. The third-order valence-corrected chi connectivity index (χ3v) is 7.38. The molecule has 42 heavy (non-hydrogen) atoms. The van der Waals surface area contributed by atoms with E-state index < -0.39 is 23.5 Å². The highest BCUT2D eigenvalue weighted by atomic mass is 16.5. The summed E-state index contributed by atoms with van der Waals surface area (Å²) in [6.07, 6.45) is 8.86. The van der Waals surface area contributed by atoms with Crippen LogP contribution in [0.1, 0.15) is 54.8 Å². The fourth-order valence-corrected chi connectivity index (χ4v) is 5.25. The predicted octanol–water partition coefficient (Wildman–Crippen LogP) is 5.88. The number of ether oxygens (including phenoxy) is 3. The number of benzene rings is 2. The van der Waals surface area contributed by atoms with Crippen LogP contribution < -0.4 is 14.2 Å². The van der Waals surface area contributed by atoms with Gasteiger partial charge in [-0.25, -0.2) is 4.98 Å². The van der Waals surface area contributed by atoms with Gasteiger partial charge in [-0.15, -0.1) is 0 Å². The number of furan rings is 1. The molecule has 2 aromatic carbocycles. The Morgan fingerprint density at radius 3 is 2.60 bits per heavy atom. The lowest BCUT2D eigenvalue weighted by molar-refractivity contribution is -0.129. The quantitative estimate of drug-likeness (QED) is 0.147. The number of aryl methyl sites for hydroxylation is 1. The number of carbonyl (C=O) groups excluding carboxylic acids is 2. The molecule has 3 heterocycles. The van der Waals surface area contributed by atoms with Crippen LogP contribution in [0.4, 0.5) is 0 Å². The number of para-hydroxylation sites is 1. The van der Waals surface area contributed by atoms with Crippen molar-refractivity contribution in [2.24, 2.45) is 0 Å². The Hall–Kier alpha value is -4.73. The van der Waals surface area contributed by atoms with E-state index in [0.29, 0.717) is 53.4 Å². The number of methoxy groups -OCH3 is 2. The van der Waals surface area contributed by atoms with E-state index in [2.05, 4.69) is 11.9 Å². The van der Waals surface area contributed by atoms with Crippen LogP contribution in [0, 0.1) is 0 Å². The number of hydrogen-bond acceptors (Lipinski definition) is 8. The molecule has 10 nitrogen and oxygen atoms in total. The fraction of sp³-hybridized carbons (Fsp3) is 0.344. The summed E-state index contributed by atoms with van der Waals surface area (Å²) in [5.41, 5.74) is 0.955. The molecule has 4 aromatic rings. The van der Waals surface area contributed by atoms with Crippen molar-refractivity contribution in [1.29, 1.82) is 0 Å². The maximum absolute atomic E-state index is 14.0. The average Bonchev–Trinajstić information content (AvgIpc) is 3.74. The van der Waals surface area contributed by atoms with Gasteiger partial charge in [0.15, 0.2) is 34.4 Å². The van der Waals surface area contributed by atoms with Crippen molar-refractivity contribution in [3.63, 3.8) is 0 Å². The third kappa shape index (κ3) is 5.70. The van der Waals surface area contributed by atoms with Crippen molar-refractivity contribution in [3.8, 4) is 17.2 Å². The van der Waals surface area contributed by atoms with Gasteiger partial charge in [0.25, 0.3) is 5.91 Å². The van der Waals surface area contributed by atoms with E-state index in [1.165, 1.54) is 12.0 Å². The Morgan fingerprint density at radius 2 is 1.86 bits per heavy atom. The number of imidazole rings is 1. The number of fused-ring (bicyclic) bond motifs is 1. The number of carbonyl (C=O) groups is 2. The largest absolute Gasteiger partial charge is 0.503 e. The number of unbranched alkanes of at least 4 members (excludes halogenated alkanes) is 2. The van der Waals surface area contributed by atoms with Crippen molar-refractivity contribution < 1.29 is 33.3 Å². The molecule has 5 rings (SSSR count). The zero-order chi connectivity index (χ0) is 29.6. The molecule has 0 aliphatic carbocycles. The molecule has 0 spiro atoms. The molecule has 220 valence electrons. The van der Waals surface area contributed by atoms with Gasteiger partial charge >= 0.3 is 0 Å². The molecule has 0 saturated carbocycles. The smallest absolute Gasteiger partial charge is 0.290 e. The molecule has 0 fully saturated rings. The van der Waals surface area contributed by atoms with Gasteiger partial charge < -0.3 is 33.2 Å². The molecule has 1 N–H and O–H groups in total. The molecule has 10 heteroatoms. The van der Waals surface area contributed by atoms with Crippen molar-refractivity contribution in [2.45, 2.75) is 45.2 Å². The minimum absolute atomic E-state index is 0.00282. The molecule has 0 radical (unpaired) electrons. The van der Waals surface area contributed by atoms with Crippen LogP contribution in [-0.4, -0.2) is 58.6 Å². The van der Waals surface area contributed by atoms with Gasteiger partial charge in [0.2, 0.25) is 5.78 Å². The van der Waals surface area contributed by atoms with E-state index in [9.17, 15) is 14.7 Å². The van der Waals surface area contributed by atoms with Gasteiger partial charge in [-0.1, -0.05) is 38.0 Å². The molecule has 2 aromatic heterocycles. The van der Waals surface area contributed by atoms with Gasteiger partial charge in [-0.2, -0.15) is 0 Å². The average molecular weight is 574 g/mol. The Morgan fingerprint density at radius 1 is 1.02 bits per heavy atom. The Bertz CT molecular complexity index is 1590. The van der Waals surface area contributed by atoms with E-state index in [0.717, 1.165) is 19.3 Å². The van der Waals surface area contributed by atoms with Crippen LogP contribution in [0.3, 0.4) is 0 Å². The van der Waals surface area contributed by atoms with Gasteiger partial charge in [0.05, 0.1) is 38.8 Å². The second-order valence-corrected chi connectivity index (χ2v) is 10.1. The van der Waals surface area contributed by atoms with Gasteiger partial charge in [0, 0.05) is 30.9 Å². The highest BCUT2D eigenvalue weighted by molar-refractivity contribution is 6.16. The van der Waals surface area contributed by atoms with E-state index in [4.69, 9.17) is 18.6 Å². The van der Waals surface area contributed by atoms with Gasteiger partial charge in [0.1, 0.15) is 0 Å². The molecule has 0 bridgehead atoms. The predicted molar refractivity (Wildman–Crippen MR) is 156 cm³/mol. The van der Waals surface area contributed by atoms with Crippen LogP contribution >= 0.6 is 0 Å². The number of nitrogens with zero attached hydrogens (tertiary/aromatic N) is 3. The maximum Gasteiger partial charge on any atom is 0.290 e. The number of aromatic nitrogens is 2. The Balaban J connectivity index is 1.50. The summed E-state index contributed by atoms with van der Waals surface area (Å²) < 4.78 is 24.8. The Labute approximate surface area is 244 Å². The highest BCUT2D eigenvalue weighted by Gasteiger charge is 2.44. The monoisotopic (exact) mass is 573 g/mol. The molecule has 1 unspecified atom stereocenters. The van der Waals surface area contributed by atoms with Crippen LogP contribution in [0.2, 0.25) is 0 Å². The van der Waals surface area contributed by atoms with E-state index in [-0.39, 0.29) is 17.9 Å². The summed E-state index contributed by atoms with van der Waals surface area (Å²) in [7, 11) is 3.06. The summed E-state index contributed by atoms with van der Waals surface area (Å²) in [4.78, 5) is 33.0. The summed E-state index contributed by atoms with van der Waals surface area (Å²) in [5.74, 6) is -0.290. The number of amides is 1. The first kappa shape index (κ1) is 28.8. The summed E-state index contributed by atoms with van der Waals surface area (Å²) in [6, 6.07) is 11.4. The summed E-state index contributed by atoms with van der Waals surface area (Å²) in [5, 5.41) is 11.8. The molecule has 1 aliphatic rings. The first-order valence-corrected chi connectivity index (χ1v) is 14.1. The first-order chi connectivity index (χ1) is 20.5. The van der Waals surface area contributed by atoms with E-state index in [1.807, 2.05) is 10.8 Å². The highest BCUT2D eigenvalue weighted by Crippen LogP contribution is 2.42. The molecular formula is C32H35N3O7. The zero-order valence-corrected chi connectivity index (χ0v) is 24.0. The van der Waals surface area contributed by atoms with E-state index in [1.54, 1.807) is 62.1 Å². The molecule has 0 saturated heterocycles. The summed E-state index contributed by atoms with van der Waals surface area (Å²) >= 11 is 0. The number of Topliss-reactive ketones (excluding diaryl/α,β-unsaturated/α-hetero) is 1. The maximum atomic E-state index is 14.0.